The molecule has 6 nitrogen and oxygen atoms in total. The van der Waals surface area contributed by atoms with E-state index in [1.807, 2.05) is 19.1 Å². The molecule has 2 unspecified atom stereocenters. The first kappa shape index (κ1) is 17.5. The topological polar surface area (TPSA) is 85.5 Å². The van der Waals surface area contributed by atoms with Crippen LogP contribution in [0.4, 0.5) is 10.5 Å². The average Bonchev–Trinajstić information content (AvgIpc) is 2.55. The highest BCUT2D eigenvalue weighted by Crippen LogP contribution is 2.38. The number of nitrogens with two attached hydrogens (primary N) is 1. The van der Waals surface area contributed by atoms with Gasteiger partial charge in [0.1, 0.15) is 6.10 Å². The lowest BCUT2D eigenvalue weighted by Gasteiger charge is -2.39. The van der Waals surface area contributed by atoms with Crippen molar-refractivity contribution in [3.63, 3.8) is 0 Å². The number of hydrogen-bond acceptors (Lipinski definition) is 5. The number of halogens is 1. The molecule has 2 atom stereocenters. The maximum atomic E-state index is 12.2. The van der Waals surface area contributed by atoms with E-state index in [-0.39, 0.29) is 17.9 Å². The van der Waals surface area contributed by atoms with Crippen molar-refractivity contribution in [3.8, 4) is 0 Å². The molecule has 0 saturated carbocycles. The van der Waals surface area contributed by atoms with Crippen molar-refractivity contribution in [2.75, 3.05) is 11.4 Å². The Hall–Kier alpha value is -2.34. The third-order valence-electron chi connectivity index (χ3n) is 4.59. The lowest BCUT2D eigenvalue weighted by atomic mass is 9.96. The number of hydrogen-bond donors (Lipinski definition) is 1. The molecule has 1 aromatic heterocycles. The van der Waals surface area contributed by atoms with Crippen molar-refractivity contribution in [2.45, 2.75) is 38.8 Å². The van der Waals surface area contributed by atoms with Gasteiger partial charge in [-0.05, 0) is 32.0 Å². The molecule has 3 rings (SSSR count). The molecule has 1 saturated heterocycles. The van der Waals surface area contributed by atoms with Crippen LogP contribution in [0, 0.1) is 0 Å². The average molecular weight is 362 g/mol. The Morgan fingerprint density at radius 2 is 2.20 bits per heavy atom. The second-order valence-electron chi connectivity index (χ2n) is 6.34. The molecule has 2 aromatic rings. The minimum Gasteiger partial charge on any atom is -0.446 e. The van der Waals surface area contributed by atoms with E-state index in [1.165, 1.54) is 6.92 Å². The Kier molecular flexibility index (Phi) is 4.81. The van der Waals surface area contributed by atoms with E-state index in [1.54, 1.807) is 12.3 Å². The molecule has 1 aliphatic heterocycles. The number of amides is 1. The summed E-state index contributed by atoms with van der Waals surface area (Å²) in [7, 11) is 0. The second-order valence-corrected chi connectivity index (χ2v) is 6.74. The fourth-order valence-corrected chi connectivity index (χ4v) is 3.74. The summed E-state index contributed by atoms with van der Waals surface area (Å²) >= 11 is 6.35. The van der Waals surface area contributed by atoms with Crippen LogP contribution >= 0.6 is 11.6 Å². The van der Waals surface area contributed by atoms with Crippen molar-refractivity contribution in [1.82, 2.24) is 4.98 Å². The number of benzene rings is 1. The van der Waals surface area contributed by atoms with Crippen molar-refractivity contribution >= 4 is 40.1 Å². The predicted octanol–water partition coefficient (Wildman–Crippen LogP) is 3.54. The number of aromatic nitrogens is 1. The molecule has 1 aromatic carbocycles. The molecule has 0 radical (unpaired) electrons. The van der Waals surface area contributed by atoms with Gasteiger partial charge < -0.3 is 15.4 Å². The fraction of sp³-hybridized carbons (Fsp3) is 0.389. The summed E-state index contributed by atoms with van der Waals surface area (Å²) in [5, 5.41) is 1.32. The van der Waals surface area contributed by atoms with Gasteiger partial charge in [-0.1, -0.05) is 11.6 Å². The first-order valence-electron chi connectivity index (χ1n) is 8.19. The van der Waals surface area contributed by atoms with Crippen LogP contribution in [-0.4, -0.2) is 35.6 Å². The highest BCUT2D eigenvalue weighted by molar-refractivity contribution is 6.36. The van der Waals surface area contributed by atoms with Gasteiger partial charge >= 0.3 is 6.09 Å². The summed E-state index contributed by atoms with van der Waals surface area (Å²) in [6.45, 7) is 4.19. The number of nitrogens with zero attached hydrogens (tertiary/aromatic N) is 2. The minimum atomic E-state index is -0.756. The Bertz CT molecular complexity index is 840. The lowest BCUT2D eigenvalue weighted by molar-refractivity contribution is 0.0838. The molecule has 2 N–H and O–H groups in total. The summed E-state index contributed by atoms with van der Waals surface area (Å²) in [5.41, 5.74) is 7.18. The summed E-state index contributed by atoms with van der Waals surface area (Å²) in [4.78, 5) is 29.8. The molecule has 0 bridgehead atoms. The molecule has 132 valence electrons. The van der Waals surface area contributed by atoms with Crippen LogP contribution in [0.1, 0.15) is 37.0 Å². The van der Waals surface area contributed by atoms with Crippen LogP contribution < -0.4 is 10.6 Å². The summed E-state index contributed by atoms with van der Waals surface area (Å²) in [6.07, 6.45) is 2.00. The van der Waals surface area contributed by atoms with Crippen molar-refractivity contribution in [1.29, 1.82) is 0 Å². The quantitative estimate of drug-likeness (QED) is 0.845. The van der Waals surface area contributed by atoms with Crippen LogP contribution in [0.25, 0.3) is 10.9 Å². The monoisotopic (exact) mass is 361 g/mol. The van der Waals surface area contributed by atoms with Gasteiger partial charge in [-0.3, -0.25) is 9.78 Å². The van der Waals surface area contributed by atoms with Crippen LogP contribution in [-0.2, 0) is 4.74 Å². The number of pyridine rings is 1. The SMILES string of the molecule is CC(=O)c1cc(Cl)c2cccnc2c1N1CCC(OC(N)=O)CC1C. The third kappa shape index (κ3) is 3.39. The molecule has 1 aliphatic rings. The molecule has 25 heavy (non-hydrogen) atoms. The van der Waals surface area contributed by atoms with E-state index < -0.39 is 6.09 Å². The first-order chi connectivity index (χ1) is 11.9. The largest absolute Gasteiger partial charge is 0.446 e. The van der Waals surface area contributed by atoms with E-state index in [0.29, 0.717) is 35.5 Å². The normalized spacial score (nSPS) is 20.5. The number of fused-ring (bicyclic) bond motifs is 1. The second kappa shape index (κ2) is 6.88. The van der Waals surface area contributed by atoms with Crippen LogP contribution in [0.2, 0.25) is 5.02 Å². The highest BCUT2D eigenvalue weighted by Gasteiger charge is 2.31. The highest BCUT2D eigenvalue weighted by atomic mass is 35.5. The van der Waals surface area contributed by atoms with Crippen LogP contribution in [0.3, 0.4) is 0 Å². The number of ketones is 1. The summed E-state index contributed by atoms with van der Waals surface area (Å²) in [5.74, 6) is -0.0628. The number of piperidine rings is 1. The van der Waals surface area contributed by atoms with Gasteiger partial charge in [0.25, 0.3) is 0 Å². The zero-order valence-corrected chi connectivity index (χ0v) is 14.9. The van der Waals surface area contributed by atoms with E-state index in [4.69, 9.17) is 22.1 Å². The molecular weight excluding hydrogens is 342 g/mol. The maximum Gasteiger partial charge on any atom is 0.404 e. The number of rotatable bonds is 3. The standard InChI is InChI=1S/C18H20ClN3O3/c1-10-8-12(25-18(20)24)5-7-22(10)17-14(11(2)23)9-15(19)13-4-3-6-21-16(13)17/h3-4,6,9-10,12H,5,7-8H2,1-2H3,(H2,20,24). The van der Waals surface area contributed by atoms with Gasteiger partial charge in [-0.15, -0.1) is 0 Å². The lowest BCUT2D eigenvalue weighted by Crippen LogP contribution is -2.45. The van der Waals surface area contributed by atoms with Crippen molar-refractivity contribution in [2.24, 2.45) is 5.73 Å². The minimum absolute atomic E-state index is 0.0579. The third-order valence-corrected chi connectivity index (χ3v) is 4.91. The molecule has 1 fully saturated rings. The van der Waals surface area contributed by atoms with E-state index in [2.05, 4.69) is 9.88 Å². The Morgan fingerprint density at radius 1 is 1.44 bits per heavy atom. The maximum absolute atomic E-state index is 12.2. The summed E-state index contributed by atoms with van der Waals surface area (Å²) in [6, 6.07) is 5.48. The molecule has 1 amide bonds. The molecular formula is C18H20ClN3O3. The molecule has 7 heteroatoms. The van der Waals surface area contributed by atoms with Gasteiger partial charge in [0.05, 0.1) is 16.2 Å². The smallest absolute Gasteiger partial charge is 0.404 e. The fourth-order valence-electron chi connectivity index (χ4n) is 3.48. The molecule has 2 heterocycles. The zero-order chi connectivity index (χ0) is 18.1. The summed E-state index contributed by atoms with van der Waals surface area (Å²) < 4.78 is 5.14. The Morgan fingerprint density at radius 3 is 2.84 bits per heavy atom. The Balaban J connectivity index is 2.06. The Labute approximate surface area is 150 Å². The van der Waals surface area contributed by atoms with Gasteiger partial charge in [-0.2, -0.15) is 0 Å². The molecule has 0 spiro atoms. The number of carbonyl (C=O) groups is 2. The number of primary amides is 1. The number of ether oxygens (including phenoxy) is 1. The number of carbonyl (C=O) groups excluding carboxylic acids is 2. The first-order valence-corrected chi connectivity index (χ1v) is 8.57. The van der Waals surface area contributed by atoms with Gasteiger partial charge in [0, 0.05) is 42.6 Å². The van der Waals surface area contributed by atoms with Gasteiger partial charge in [0.2, 0.25) is 0 Å². The van der Waals surface area contributed by atoms with Crippen LogP contribution in [0.5, 0.6) is 0 Å². The van der Waals surface area contributed by atoms with E-state index in [9.17, 15) is 9.59 Å². The zero-order valence-electron chi connectivity index (χ0n) is 14.2. The van der Waals surface area contributed by atoms with Gasteiger partial charge in [0.15, 0.2) is 5.78 Å². The molecule has 0 aliphatic carbocycles. The van der Waals surface area contributed by atoms with Gasteiger partial charge in [-0.25, -0.2) is 4.79 Å². The van der Waals surface area contributed by atoms with Crippen molar-refractivity contribution in [3.05, 3.63) is 35.0 Å². The predicted molar refractivity (Wildman–Crippen MR) is 97.3 cm³/mol. The van der Waals surface area contributed by atoms with Crippen LogP contribution in [0.15, 0.2) is 24.4 Å². The van der Waals surface area contributed by atoms with Crippen molar-refractivity contribution < 1.29 is 14.3 Å². The van der Waals surface area contributed by atoms with E-state index >= 15 is 0 Å². The number of Topliss-reactive ketones (excluding diaryl/α,β-unsaturated/α-hetero) is 1. The van der Waals surface area contributed by atoms with E-state index in [0.717, 1.165) is 11.1 Å². The number of anilines is 1.